The number of hydroxylamine groups is 1. The van der Waals surface area contributed by atoms with Crippen LogP contribution in [-0.4, -0.2) is 50.6 Å². The average Bonchev–Trinajstić information content (AvgIpc) is 2.78. The third-order valence-electron chi connectivity index (χ3n) is 3.75. The van der Waals surface area contributed by atoms with Crippen molar-refractivity contribution in [1.29, 1.82) is 0 Å². The Labute approximate surface area is 148 Å². The van der Waals surface area contributed by atoms with Gasteiger partial charge in [-0.1, -0.05) is 31.8 Å². The predicted molar refractivity (Wildman–Crippen MR) is 95.0 cm³/mol. The van der Waals surface area contributed by atoms with E-state index in [9.17, 15) is 14.4 Å². The number of hydrogen-bond acceptors (Lipinski definition) is 5. The molecule has 1 aliphatic rings. The first-order valence-electron chi connectivity index (χ1n) is 8.29. The van der Waals surface area contributed by atoms with Crippen molar-refractivity contribution in [2.75, 3.05) is 19.8 Å². The molecule has 1 heterocycles. The molecule has 1 aliphatic heterocycles. The lowest BCUT2D eigenvalue weighted by Gasteiger charge is -2.15. The van der Waals surface area contributed by atoms with Crippen molar-refractivity contribution in [2.45, 2.75) is 32.1 Å². The van der Waals surface area contributed by atoms with Crippen molar-refractivity contribution < 1.29 is 24.0 Å². The van der Waals surface area contributed by atoms with Gasteiger partial charge in [-0.05, 0) is 24.6 Å². The summed E-state index contributed by atoms with van der Waals surface area (Å²) in [6.07, 6.45) is -0.209. The molecule has 2 rings (SSSR count). The van der Waals surface area contributed by atoms with E-state index in [2.05, 4.69) is 25.1 Å². The molecule has 136 valence electrons. The van der Waals surface area contributed by atoms with E-state index in [-0.39, 0.29) is 25.0 Å². The van der Waals surface area contributed by atoms with E-state index < -0.39 is 14.2 Å². The molecule has 0 bridgehead atoms. The zero-order valence-electron chi connectivity index (χ0n) is 14.8. The van der Waals surface area contributed by atoms with Crippen molar-refractivity contribution in [1.82, 2.24) is 10.4 Å². The van der Waals surface area contributed by atoms with Crippen molar-refractivity contribution in [3.8, 4) is 0 Å². The van der Waals surface area contributed by atoms with Crippen molar-refractivity contribution in [3.05, 3.63) is 35.4 Å². The highest BCUT2D eigenvalue weighted by Crippen LogP contribution is 2.22. The molecule has 0 unspecified atom stereocenters. The largest absolute Gasteiger partial charge is 0.448 e. The summed E-state index contributed by atoms with van der Waals surface area (Å²) in [6.45, 7) is 7.38. The van der Waals surface area contributed by atoms with Crippen LogP contribution in [0.25, 0.3) is 0 Å². The minimum Gasteiger partial charge on any atom is -0.448 e. The molecule has 1 N–H and O–H groups in total. The molecule has 0 spiro atoms. The van der Waals surface area contributed by atoms with Gasteiger partial charge in [-0.25, -0.2) is 4.79 Å². The van der Waals surface area contributed by atoms with Crippen LogP contribution in [0.3, 0.4) is 0 Å². The smallest absolute Gasteiger partial charge is 0.431 e. The lowest BCUT2D eigenvalue weighted by molar-refractivity contribution is 0.0249. The molecule has 25 heavy (non-hydrogen) atoms. The number of nitrogens with one attached hydrogen (secondary N) is 1. The van der Waals surface area contributed by atoms with Gasteiger partial charge in [0.25, 0.3) is 11.8 Å². The molecule has 0 atom stereocenters. The van der Waals surface area contributed by atoms with Crippen molar-refractivity contribution in [2.24, 2.45) is 0 Å². The molecule has 1 aromatic carbocycles. The van der Waals surface area contributed by atoms with Crippen molar-refractivity contribution >= 4 is 26.0 Å². The van der Waals surface area contributed by atoms with Crippen LogP contribution in [-0.2, 0) is 9.57 Å². The van der Waals surface area contributed by atoms with Gasteiger partial charge in [-0.3, -0.25) is 19.3 Å². The van der Waals surface area contributed by atoms with Gasteiger partial charge in [0.2, 0.25) is 0 Å². The highest BCUT2D eigenvalue weighted by atomic mass is 28.3. The second kappa shape index (κ2) is 8.26. The number of nitrogens with zero attached hydrogens (tertiary/aromatic N) is 1. The number of imide groups is 1. The Morgan fingerprint density at radius 1 is 1.08 bits per heavy atom. The maximum Gasteiger partial charge on any atom is 0.431 e. The fraction of sp³-hybridized carbons (Fsp3) is 0.471. The Hall–Kier alpha value is -2.19. The molecule has 0 saturated heterocycles. The van der Waals surface area contributed by atoms with E-state index in [0.29, 0.717) is 24.2 Å². The van der Waals surface area contributed by atoms with Gasteiger partial charge < -0.3 is 4.74 Å². The number of carbonyl (C=O) groups is 3. The SMILES string of the molecule is C[Si](C)(C)CCOC(=O)NOCCCN1C(=O)c2ccccc2C1=O. The molecule has 7 nitrogen and oxygen atoms in total. The number of amides is 3. The number of benzene rings is 1. The molecular formula is C17H24N2O5Si. The van der Waals surface area contributed by atoms with Gasteiger partial charge >= 0.3 is 6.09 Å². The van der Waals surface area contributed by atoms with E-state index >= 15 is 0 Å². The first-order chi connectivity index (χ1) is 11.8. The summed E-state index contributed by atoms with van der Waals surface area (Å²) in [4.78, 5) is 42.0. The van der Waals surface area contributed by atoms with Crippen LogP contribution < -0.4 is 5.48 Å². The maximum atomic E-state index is 12.2. The number of hydrogen-bond donors (Lipinski definition) is 1. The van der Waals surface area contributed by atoms with Crippen LogP contribution in [0.15, 0.2) is 24.3 Å². The number of fused-ring (bicyclic) bond motifs is 1. The molecule has 0 radical (unpaired) electrons. The van der Waals surface area contributed by atoms with Crippen LogP contribution in [0, 0.1) is 0 Å². The van der Waals surface area contributed by atoms with Crippen molar-refractivity contribution in [3.63, 3.8) is 0 Å². The first-order valence-corrected chi connectivity index (χ1v) is 12.0. The Balaban J connectivity index is 1.63. The number of ether oxygens (including phenoxy) is 1. The quantitative estimate of drug-likeness (QED) is 0.332. The van der Waals surface area contributed by atoms with E-state index in [1.54, 1.807) is 24.3 Å². The lowest BCUT2D eigenvalue weighted by Crippen LogP contribution is -2.32. The summed E-state index contributed by atoms with van der Waals surface area (Å²) in [5, 5.41) is 0. The summed E-state index contributed by atoms with van der Waals surface area (Å²) in [5.74, 6) is -0.585. The molecular weight excluding hydrogens is 340 g/mol. The minimum absolute atomic E-state index is 0.177. The third kappa shape index (κ3) is 5.40. The maximum absolute atomic E-state index is 12.2. The van der Waals surface area contributed by atoms with Crippen LogP contribution in [0.1, 0.15) is 27.1 Å². The van der Waals surface area contributed by atoms with Gasteiger partial charge in [0.1, 0.15) is 0 Å². The summed E-state index contributed by atoms with van der Waals surface area (Å²) < 4.78 is 5.02. The van der Waals surface area contributed by atoms with Gasteiger partial charge in [0.15, 0.2) is 0 Å². The van der Waals surface area contributed by atoms with Crippen LogP contribution in [0.5, 0.6) is 0 Å². The second-order valence-corrected chi connectivity index (χ2v) is 12.7. The topological polar surface area (TPSA) is 84.9 Å². The Kier molecular flexibility index (Phi) is 6.32. The molecule has 8 heteroatoms. The molecule has 0 saturated carbocycles. The zero-order valence-corrected chi connectivity index (χ0v) is 15.8. The lowest BCUT2D eigenvalue weighted by atomic mass is 10.1. The fourth-order valence-corrected chi connectivity index (χ4v) is 3.04. The number of rotatable bonds is 8. The standard InChI is InChI=1S/C17H24N2O5Si/c1-25(2,3)12-11-23-17(22)18-24-10-6-9-19-15(20)13-7-4-5-8-14(13)16(19)21/h4-5,7-8H,6,9-12H2,1-3H3,(H,18,22). The highest BCUT2D eigenvalue weighted by Gasteiger charge is 2.34. The summed E-state index contributed by atoms with van der Waals surface area (Å²) in [7, 11) is -1.24. The Morgan fingerprint density at radius 2 is 1.68 bits per heavy atom. The Bertz CT molecular complexity index is 622. The average molecular weight is 364 g/mol. The fourth-order valence-electron chi connectivity index (χ4n) is 2.33. The van der Waals surface area contributed by atoms with Crippen LogP contribution in [0.4, 0.5) is 4.79 Å². The summed E-state index contributed by atoms with van der Waals surface area (Å²) in [5.41, 5.74) is 3.06. The minimum atomic E-state index is -1.24. The number of carbonyl (C=O) groups excluding carboxylic acids is 3. The van der Waals surface area contributed by atoms with Crippen LogP contribution in [0.2, 0.25) is 25.7 Å². The Morgan fingerprint density at radius 3 is 2.24 bits per heavy atom. The van der Waals surface area contributed by atoms with Gasteiger partial charge in [0, 0.05) is 14.6 Å². The molecule has 3 amide bonds. The van der Waals surface area contributed by atoms with E-state index in [1.807, 2.05) is 0 Å². The molecule has 0 aromatic heterocycles. The van der Waals surface area contributed by atoms with Gasteiger partial charge in [-0.15, -0.1) is 0 Å². The zero-order chi connectivity index (χ0) is 18.4. The predicted octanol–water partition coefficient (Wildman–Crippen LogP) is 2.67. The first kappa shape index (κ1) is 19.1. The van der Waals surface area contributed by atoms with Crippen LogP contribution >= 0.6 is 0 Å². The summed E-state index contributed by atoms with van der Waals surface area (Å²) in [6, 6.07) is 7.64. The van der Waals surface area contributed by atoms with Gasteiger partial charge in [-0.2, -0.15) is 5.48 Å². The molecule has 1 aromatic rings. The molecule has 0 fully saturated rings. The highest BCUT2D eigenvalue weighted by molar-refractivity contribution is 6.76. The van der Waals surface area contributed by atoms with E-state index in [4.69, 9.17) is 9.57 Å². The van der Waals surface area contributed by atoms with E-state index in [1.165, 1.54) is 4.90 Å². The second-order valence-electron chi connectivity index (χ2n) is 7.06. The third-order valence-corrected chi connectivity index (χ3v) is 5.45. The normalized spacial score (nSPS) is 13.8. The molecule has 0 aliphatic carbocycles. The monoisotopic (exact) mass is 364 g/mol. The van der Waals surface area contributed by atoms with E-state index in [0.717, 1.165) is 6.04 Å². The summed E-state index contributed by atoms with van der Waals surface area (Å²) >= 11 is 0. The van der Waals surface area contributed by atoms with Gasteiger partial charge in [0.05, 0.1) is 24.3 Å².